The molecule has 1 aromatic rings. The topological polar surface area (TPSA) is 83.6 Å². The Kier molecular flexibility index (Phi) is 4.09. The highest BCUT2D eigenvalue weighted by Gasteiger charge is 2.36. The zero-order valence-electron chi connectivity index (χ0n) is 11.7. The van der Waals surface area contributed by atoms with Crippen molar-refractivity contribution in [1.82, 2.24) is 0 Å². The molecule has 1 heterocycles. The zero-order valence-corrected chi connectivity index (χ0v) is 11.7. The summed E-state index contributed by atoms with van der Waals surface area (Å²) < 4.78 is 0. The van der Waals surface area contributed by atoms with Crippen molar-refractivity contribution in [3.05, 3.63) is 29.8 Å². The fourth-order valence-electron chi connectivity index (χ4n) is 2.40. The lowest BCUT2D eigenvalue weighted by Crippen LogP contribution is -2.38. The van der Waals surface area contributed by atoms with Crippen LogP contribution in [0, 0.1) is 5.92 Å². The van der Waals surface area contributed by atoms with Crippen LogP contribution in [-0.4, -0.2) is 29.6 Å². The maximum Gasteiger partial charge on any atom is 0.312 e. The first-order chi connectivity index (χ1) is 9.41. The number of benzene rings is 1. The van der Waals surface area contributed by atoms with Gasteiger partial charge in [-0.15, -0.1) is 0 Å². The molecule has 1 amide bonds. The molecule has 0 aliphatic carbocycles. The van der Waals surface area contributed by atoms with Crippen LogP contribution in [0.5, 0.6) is 0 Å². The van der Waals surface area contributed by atoms with Gasteiger partial charge in [-0.2, -0.15) is 0 Å². The maximum absolute atomic E-state index is 12.3. The predicted octanol–water partition coefficient (Wildman–Crippen LogP) is 1.57. The number of rotatable bonds is 4. The summed E-state index contributed by atoms with van der Waals surface area (Å²) >= 11 is 0. The van der Waals surface area contributed by atoms with E-state index in [4.69, 9.17) is 5.73 Å². The van der Waals surface area contributed by atoms with Crippen molar-refractivity contribution < 1.29 is 14.7 Å². The molecule has 2 rings (SSSR count). The number of para-hydroxylation sites is 1. The fourth-order valence-corrected chi connectivity index (χ4v) is 2.40. The van der Waals surface area contributed by atoms with Crippen LogP contribution >= 0.6 is 0 Å². The van der Waals surface area contributed by atoms with E-state index < -0.39 is 11.9 Å². The molecule has 5 nitrogen and oxygen atoms in total. The Morgan fingerprint density at radius 3 is 2.65 bits per heavy atom. The Balaban J connectivity index is 2.22. The van der Waals surface area contributed by atoms with Gasteiger partial charge < -0.3 is 15.7 Å². The summed E-state index contributed by atoms with van der Waals surface area (Å²) in [5, 5.41) is 9.27. The van der Waals surface area contributed by atoms with E-state index in [1.165, 1.54) is 0 Å². The third kappa shape index (κ3) is 2.67. The lowest BCUT2D eigenvalue weighted by molar-refractivity contribution is -0.138. The number of nitrogens with zero attached hydrogens (tertiary/aromatic N) is 1. The van der Waals surface area contributed by atoms with Gasteiger partial charge in [-0.3, -0.25) is 9.59 Å². The summed E-state index contributed by atoms with van der Waals surface area (Å²) in [6, 6.07) is 6.95. The monoisotopic (exact) mass is 276 g/mol. The number of carboxylic acids is 1. The molecule has 0 spiro atoms. The number of hydrogen-bond donors (Lipinski definition) is 2. The molecule has 2 unspecified atom stereocenters. The summed E-state index contributed by atoms with van der Waals surface area (Å²) in [5.74, 6) is -1.44. The smallest absolute Gasteiger partial charge is 0.312 e. The lowest BCUT2D eigenvalue weighted by atomic mass is 10.0. The molecule has 1 aromatic carbocycles. The molecule has 0 aromatic heterocycles. The summed E-state index contributed by atoms with van der Waals surface area (Å²) in [7, 11) is 0. The quantitative estimate of drug-likeness (QED) is 0.874. The van der Waals surface area contributed by atoms with Gasteiger partial charge in [-0.1, -0.05) is 32.0 Å². The molecule has 1 aliphatic rings. The van der Waals surface area contributed by atoms with E-state index in [2.05, 4.69) is 0 Å². The molecule has 20 heavy (non-hydrogen) atoms. The Hall–Kier alpha value is -1.88. The van der Waals surface area contributed by atoms with Crippen molar-refractivity contribution in [3.63, 3.8) is 0 Å². The van der Waals surface area contributed by atoms with Crippen molar-refractivity contribution in [3.8, 4) is 0 Å². The van der Waals surface area contributed by atoms with Gasteiger partial charge in [-0.25, -0.2) is 0 Å². The summed E-state index contributed by atoms with van der Waals surface area (Å²) in [6.45, 7) is 4.13. The molecule has 108 valence electrons. The fraction of sp³-hybridized carbons (Fsp3) is 0.467. The third-order valence-electron chi connectivity index (χ3n) is 3.83. The number of amides is 1. The molecule has 0 bridgehead atoms. The van der Waals surface area contributed by atoms with Crippen molar-refractivity contribution in [1.29, 1.82) is 0 Å². The minimum Gasteiger partial charge on any atom is -0.481 e. The molecular weight excluding hydrogens is 256 g/mol. The van der Waals surface area contributed by atoms with E-state index in [-0.39, 0.29) is 30.8 Å². The molecule has 0 saturated heterocycles. The highest BCUT2D eigenvalue weighted by molar-refractivity contribution is 5.99. The molecule has 0 radical (unpaired) electrons. The van der Waals surface area contributed by atoms with E-state index in [0.717, 1.165) is 0 Å². The first kappa shape index (κ1) is 14.5. The van der Waals surface area contributed by atoms with Gasteiger partial charge in [0.25, 0.3) is 0 Å². The maximum atomic E-state index is 12.3. The van der Waals surface area contributed by atoms with E-state index in [1.807, 2.05) is 19.9 Å². The Labute approximate surface area is 118 Å². The summed E-state index contributed by atoms with van der Waals surface area (Å²) in [4.78, 5) is 25.2. The molecule has 0 fully saturated rings. The second-order valence-electron chi connectivity index (χ2n) is 5.57. The van der Waals surface area contributed by atoms with E-state index in [0.29, 0.717) is 11.3 Å². The molecule has 1 aliphatic heterocycles. The van der Waals surface area contributed by atoms with Crippen molar-refractivity contribution in [2.24, 2.45) is 11.7 Å². The van der Waals surface area contributed by atoms with Crippen molar-refractivity contribution in [2.45, 2.75) is 32.2 Å². The van der Waals surface area contributed by atoms with Crippen LogP contribution in [0.15, 0.2) is 24.3 Å². The van der Waals surface area contributed by atoms with Gasteiger partial charge in [0.15, 0.2) is 0 Å². The van der Waals surface area contributed by atoms with Crippen LogP contribution in [0.2, 0.25) is 0 Å². The largest absolute Gasteiger partial charge is 0.481 e. The third-order valence-corrected chi connectivity index (χ3v) is 3.83. The number of anilines is 1. The molecule has 0 saturated carbocycles. The van der Waals surface area contributed by atoms with Gasteiger partial charge in [0.05, 0.1) is 0 Å². The number of carboxylic acid groups (broad SMARTS) is 1. The lowest BCUT2D eigenvalue weighted by Gasteiger charge is -2.21. The molecular formula is C15H20N2O3. The van der Waals surface area contributed by atoms with Crippen LogP contribution < -0.4 is 10.6 Å². The number of nitrogens with two attached hydrogens (primary N) is 1. The zero-order chi connectivity index (χ0) is 14.9. The Morgan fingerprint density at radius 1 is 1.40 bits per heavy atom. The average molecular weight is 276 g/mol. The summed E-state index contributed by atoms with van der Waals surface area (Å²) in [5.41, 5.74) is 7.33. The summed E-state index contributed by atoms with van der Waals surface area (Å²) in [6.07, 6.45) is 0.234. The number of hydrogen-bond acceptors (Lipinski definition) is 3. The second kappa shape index (κ2) is 5.63. The van der Waals surface area contributed by atoms with Crippen molar-refractivity contribution in [2.75, 3.05) is 11.4 Å². The van der Waals surface area contributed by atoms with E-state index in [1.54, 1.807) is 23.1 Å². The number of fused-ring (bicyclic) bond motifs is 1. The van der Waals surface area contributed by atoms with Crippen LogP contribution in [-0.2, 0) is 9.59 Å². The predicted molar refractivity (Wildman–Crippen MR) is 76.6 cm³/mol. The average Bonchev–Trinajstić information content (AvgIpc) is 2.78. The second-order valence-corrected chi connectivity index (χ2v) is 5.57. The normalized spacial score (nSPS) is 19.0. The van der Waals surface area contributed by atoms with Gasteiger partial charge in [0, 0.05) is 24.7 Å². The van der Waals surface area contributed by atoms with Gasteiger partial charge in [0.1, 0.15) is 5.92 Å². The number of aliphatic carboxylic acids is 1. The molecule has 2 atom stereocenters. The first-order valence-electron chi connectivity index (χ1n) is 6.79. The molecule has 5 heteroatoms. The van der Waals surface area contributed by atoms with Gasteiger partial charge in [-0.05, 0) is 17.5 Å². The minimum atomic E-state index is -0.902. The highest BCUT2D eigenvalue weighted by atomic mass is 16.4. The van der Waals surface area contributed by atoms with E-state index in [9.17, 15) is 14.7 Å². The number of carbonyl (C=O) groups excluding carboxylic acids is 1. The minimum absolute atomic E-state index is 0.109. The first-order valence-corrected chi connectivity index (χ1v) is 6.79. The van der Waals surface area contributed by atoms with Gasteiger partial charge >= 0.3 is 5.97 Å². The van der Waals surface area contributed by atoms with Crippen LogP contribution in [0.25, 0.3) is 0 Å². The van der Waals surface area contributed by atoms with Gasteiger partial charge in [0.2, 0.25) is 5.91 Å². The highest BCUT2D eigenvalue weighted by Crippen LogP contribution is 2.36. The Morgan fingerprint density at radius 2 is 2.05 bits per heavy atom. The SMILES string of the molecule is CC(C)C(N)CC(=O)N1CC(C(=O)O)c2ccccc21. The van der Waals surface area contributed by atoms with Crippen LogP contribution in [0.4, 0.5) is 5.69 Å². The van der Waals surface area contributed by atoms with E-state index >= 15 is 0 Å². The van der Waals surface area contributed by atoms with Crippen LogP contribution in [0.1, 0.15) is 31.7 Å². The standard InChI is InChI=1S/C15H20N2O3/c1-9(2)12(16)7-14(18)17-8-11(15(19)20)10-5-3-4-6-13(10)17/h3-6,9,11-12H,7-8,16H2,1-2H3,(H,19,20). The van der Waals surface area contributed by atoms with Crippen molar-refractivity contribution >= 4 is 17.6 Å². The number of carbonyl (C=O) groups is 2. The van der Waals surface area contributed by atoms with Crippen LogP contribution in [0.3, 0.4) is 0 Å². The molecule has 3 N–H and O–H groups in total. The Bertz CT molecular complexity index is 528.